The minimum absolute atomic E-state index is 0.0715. The van der Waals surface area contributed by atoms with Crippen molar-refractivity contribution in [2.75, 3.05) is 11.9 Å². The summed E-state index contributed by atoms with van der Waals surface area (Å²) in [4.78, 5) is 27.7. The first-order chi connectivity index (χ1) is 17.3. The molecule has 9 heteroatoms. The summed E-state index contributed by atoms with van der Waals surface area (Å²) in [5.74, 6) is -1.74. The van der Waals surface area contributed by atoms with Crippen LogP contribution in [0.25, 0.3) is 0 Å². The first-order valence-corrected chi connectivity index (χ1v) is 13.4. The number of carbonyl (C=O) groups excluding carboxylic acids is 2. The molecule has 2 amide bonds. The molecule has 2 aliphatic heterocycles. The average Bonchev–Trinajstić information content (AvgIpc) is 3.27. The number of benzene rings is 2. The van der Waals surface area contributed by atoms with Crippen molar-refractivity contribution in [3.8, 4) is 0 Å². The van der Waals surface area contributed by atoms with E-state index in [0.29, 0.717) is 42.1 Å². The van der Waals surface area contributed by atoms with Crippen molar-refractivity contribution in [2.24, 2.45) is 5.41 Å². The Labute approximate surface area is 227 Å². The number of amides is 2. The van der Waals surface area contributed by atoms with Gasteiger partial charge in [0, 0.05) is 29.2 Å². The zero-order chi connectivity index (χ0) is 27.1. The van der Waals surface area contributed by atoms with Gasteiger partial charge in [-0.3, -0.25) is 9.59 Å². The normalized spacial score (nSPS) is 25.7. The smallest absolute Gasteiger partial charge is 0.237 e. The predicted molar refractivity (Wildman–Crippen MR) is 145 cm³/mol. The highest BCUT2D eigenvalue weighted by atomic mass is 35.5. The molecule has 0 radical (unpaired) electrons. The zero-order valence-corrected chi connectivity index (χ0v) is 23.0. The molecule has 0 aliphatic carbocycles. The molecule has 2 aromatic carbocycles. The van der Waals surface area contributed by atoms with Gasteiger partial charge in [0.1, 0.15) is 11.2 Å². The molecule has 5 atom stereocenters. The van der Waals surface area contributed by atoms with Gasteiger partial charge in [0.15, 0.2) is 0 Å². The first-order valence-electron chi connectivity index (χ1n) is 12.6. The van der Waals surface area contributed by atoms with Crippen molar-refractivity contribution in [3.63, 3.8) is 0 Å². The Balaban J connectivity index is 1.86. The lowest BCUT2D eigenvalue weighted by Gasteiger charge is -2.37. The van der Waals surface area contributed by atoms with Crippen LogP contribution in [0.15, 0.2) is 36.4 Å². The van der Waals surface area contributed by atoms with Crippen LogP contribution < -0.4 is 16.0 Å². The van der Waals surface area contributed by atoms with Crippen molar-refractivity contribution >= 4 is 40.7 Å². The molecule has 2 aliphatic rings. The van der Waals surface area contributed by atoms with E-state index in [9.17, 15) is 19.1 Å². The van der Waals surface area contributed by atoms with Crippen LogP contribution >= 0.6 is 23.2 Å². The fraction of sp³-hybridized carbons (Fsp3) is 0.500. The van der Waals surface area contributed by atoms with Crippen LogP contribution in [0.3, 0.4) is 0 Å². The summed E-state index contributed by atoms with van der Waals surface area (Å²) in [6.07, 6.45) is 1.31. The number of hydrogen-bond donors (Lipinski definition) is 4. The van der Waals surface area contributed by atoms with E-state index in [1.54, 1.807) is 25.1 Å². The van der Waals surface area contributed by atoms with Gasteiger partial charge in [0.25, 0.3) is 0 Å². The maximum Gasteiger partial charge on any atom is 0.237 e. The maximum atomic E-state index is 14.2. The molecule has 4 rings (SSSR count). The van der Waals surface area contributed by atoms with Gasteiger partial charge in [-0.15, -0.1) is 0 Å². The number of rotatable bonds is 7. The third-order valence-corrected chi connectivity index (χ3v) is 7.83. The molecule has 2 heterocycles. The molecule has 6 nitrogen and oxygen atoms in total. The topological polar surface area (TPSA) is 90.5 Å². The van der Waals surface area contributed by atoms with Crippen molar-refractivity contribution in [1.29, 1.82) is 0 Å². The van der Waals surface area contributed by atoms with Crippen molar-refractivity contribution in [2.45, 2.75) is 76.5 Å². The Kier molecular flexibility index (Phi) is 7.92. The number of aliphatic hydroxyl groups excluding tert-OH is 1. The molecular weight excluding hydrogens is 516 g/mol. The number of anilines is 1. The Morgan fingerprint density at radius 2 is 1.95 bits per heavy atom. The molecule has 2 aromatic rings. The Morgan fingerprint density at radius 3 is 2.59 bits per heavy atom. The van der Waals surface area contributed by atoms with E-state index in [1.807, 2.05) is 6.07 Å². The van der Waals surface area contributed by atoms with Crippen LogP contribution in [0.1, 0.15) is 64.0 Å². The molecule has 0 aromatic heterocycles. The number of halogens is 3. The summed E-state index contributed by atoms with van der Waals surface area (Å²) in [6.45, 7) is 8.35. The molecule has 1 fully saturated rings. The standard InChI is InChI=1S/C28H34Cl2FN3O3/c1-15(35)6-5-11-32-25(36)24-23(16-7-10-20(31)19(30)12-16)28(22(34-24)14-27(2,3)4)18-9-8-17(29)13-21(18)33-26(28)37/h7-10,12-13,15,22-24,34-35H,5-6,11,14H2,1-4H3,(H,32,36)(H,33,37)/t15-,22-,23+,24-,28+/m1/s1. The molecule has 37 heavy (non-hydrogen) atoms. The quantitative estimate of drug-likeness (QED) is 0.359. The Hall–Kier alpha value is -2.19. The molecule has 0 unspecified atom stereocenters. The molecule has 1 saturated heterocycles. The number of hydrogen-bond acceptors (Lipinski definition) is 4. The van der Waals surface area contributed by atoms with Gasteiger partial charge in [-0.25, -0.2) is 4.39 Å². The number of nitrogens with one attached hydrogen (secondary N) is 3. The fourth-order valence-corrected chi connectivity index (χ4v) is 6.21. The SMILES string of the molecule is C[C@@H](O)CCCNC(=O)[C@@H]1N[C@H](CC(C)(C)C)[C@]2(C(=O)Nc3cc(Cl)ccc32)[C@H]1c1ccc(F)c(Cl)c1. The van der Waals surface area contributed by atoms with E-state index in [-0.39, 0.29) is 22.3 Å². The Morgan fingerprint density at radius 1 is 1.22 bits per heavy atom. The van der Waals surface area contributed by atoms with E-state index in [1.165, 1.54) is 12.1 Å². The van der Waals surface area contributed by atoms with Gasteiger partial charge in [-0.1, -0.05) is 56.1 Å². The molecule has 0 saturated carbocycles. The van der Waals surface area contributed by atoms with Crippen LogP contribution in [-0.2, 0) is 15.0 Å². The average molecular weight is 551 g/mol. The number of aliphatic hydroxyl groups is 1. The van der Waals surface area contributed by atoms with Crippen LogP contribution in [0.5, 0.6) is 0 Å². The van der Waals surface area contributed by atoms with Gasteiger partial charge in [-0.2, -0.15) is 0 Å². The van der Waals surface area contributed by atoms with E-state index in [2.05, 4.69) is 36.7 Å². The summed E-state index contributed by atoms with van der Waals surface area (Å²) in [6, 6.07) is 8.50. The molecule has 200 valence electrons. The molecule has 0 bridgehead atoms. The lowest BCUT2D eigenvalue weighted by atomic mass is 9.62. The summed E-state index contributed by atoms with van der Waals surface area (Å²) < 4.78 is 14.2. The molecular formula is C28H34Cl2FN3O3. The highest BCUT2D eigenvalue weighted by Gasteiger charge is 2.65. The van der Waals surface area contributed by atoms with Crippen molar-refractivity contribution in [1.82, 2.24) is 10.6 Å². The van der Waals surface area contributed by atoms with Crippen molar-refractivity contribution < 1.29 is 19.1 Å². The summed E-state index contributed by atoms with van der Waals surface area (Å²) in [7, 11) is 0. The molecule has 4 N–H and O–H groups in total. The summed E-state index contributed by atoms with van der Waals surface area (Å²) in [5.41, 5.74) is 0.620. The van der Waals surface area contributed by atoms with E-state index >= 15 is 0 Å². The van der Waals surface area contributed by atoms with Crippen molar-refractivity contribution in [3.05, 3.63) is 63.4 Å². The first kappa shape index (κ1) is 27.8. The second-order valence-corrected chi connectivity index (χ2v) is 12.3. The zero-order valence-electron chi connectivity index (χ0n) is 21.5. The van der Waals surface area contributed by atoms with Crippen LogP contribution in [0.2, 0.25) is 10.0 Å². The van der Waals surface area contributed by atoms with Crippen LogP contribution in [0.4, 0.5) is 10.1 Å². The number of carbonyl (C=O) groups is 2. The van der Waals surface area contributed by atoms with Crippen LogP contribution in [-0.4, -0.2) is 41.7 Å². The summed E-state index contributed by atoms with van der Waals surface area (Å²) >= 11 is 12.5. The highest BCUT2D eigenvalue weighted by molar-refractivity contribution is 6.31. The van der Waals surface area contributed by atoms with Gasteiger partial charge in [-0.05, 0) is 67.0 Å². The van der Waals surface area contributed by atoms with Crippen LogP contribution in [0, 0.1) is 11.2 Å². The maximum absolute atomic E-state index is 14.2. The van der Waals surface area contributed by atoms with E-state index in [4.69, 9.17) is 23.2 Å². The van der Waals surface area contributed by atoms with Gasteiger partial charge < -0.3 is 21.1 Å². The summed E-state index contributed by atoms with van der Waals surface area (Å²) in [5, 5.41) is 19.5. The molecule has 1 spiro atoms. The minimum Gasteiger partial charge on any atom is -0.393 e. The monoisotopic (exact) mass is 549 g/mol. The number of fused-ring (bicyclic) bond motifs is 2. The van der Waals surface area contributed by atoms with E-state index in [0.717, 1.165) is 5.56 Å². The lowest BCUT2D eigenvalue weighted by Crippen LogP contribution is -2.49. The van der Waals surface area contributed by atoms with Gasteiger partial charge >= 0.3 is 0 Å². The fourth-order valence-electron chi connectivity index (χ4n) is 5.85. The van der Waals surface area contributed by atoms with Gasteiger partial charge in [0.2, 0.25) is 11.8 Å². The third-order valence-electron chi connectivity index (χ3n) is 7.31. The van der Waals surface area contributed by atoms with E-state index < -0.39 is 35.3 Å². The third kappa shape index (κ3) is 5.37. The minimum atomic E-state index is -1.16. The van der Waals surface area contributed by atoms with Gasteiger partial charge in [0.05, 0.1) is 17.2 Å². The highest BCUT2D eigenvalue weighted by Crippen LogP contribution is 2.56. The Bertz CT molecular complexity index is 1200. The lowest BCUT2D eigenvalue weighted by molar-refractivity contribution is -0.123. The largest absolute Gasteiger partial charge is 0.393 e. The predicted octanol–water partition coefficient (Wildman–Crippen LogP) is 5.16. The second kappa shape index (κ2) is 10.5. The second-order valence-electron chi connectivity index (χ2n) is 11.4.